The summed E-state index contributed by atoms with van der Waals surface area (Å²) >= 11 is 0. The molecule has 1 aromatic heterocycles. The third-order valence-corrected chi connectivity index (χ3v) is 5.44. The highest BCUT2D eigenvalue weighted by Gasteiger charge is 2.29. The Balaban J connectivity index is 1.55. The van der Waals surface area contributed by atoms with Crippen LogP contribution in [0.15, 0.2) is 36.4 Å². The zero-order chi connectivity index (χ0) is 19.5. The predicted molar refractivity (Wildman–Crippen MR) is 108 cm³/mol. The van der Waals surface area contributed by atoms with Crippen molar-refractivity contribution in [2.75, 3.05) is 31.1 Å². The molecular weight excluding hydrogens is 352 g/mol. The van der Waals surface area contributed by atoms with Crippen molar-refractivity contribution < 1.29 is 9.59 Å². The van der Waals surface area contributed by atoms with E-state index in [0.717, 1.165) is 29.8 Å². The van der Waals surface area contributed by atoms with Gasteiger partial charge in [-0.25, -0.2) is 9.97 Å². The van der Waals surface area contributed by atoms with Crippen molar-refractivity contribution in [2.24, 2.45) is 5.92 Å². The highest BCUT2D eigenvalue weighted by molar-refractivity contribution is 5.99. The number of aryl methyl sites for hydroxylation is 1. The van der Waals surface area contributed by atoms with Crippen molar-refractivity contribution in [3.8, 4) is 0 Å². The van der Waals surface area contributed by atoms with Gasteiger partial charge in [-0.15, -0.1) is 0 Å². The molecule has 1 aliphatic heterocycles. The van der Waals surface area contributed by atoms with Gasteiger partial charge >= 0.3 is 0 Å². The van der Waals surface area contributed by atoms with Crippen LogP contribution in [0.25, 0.3) is 6.08 Å². The molecule has 0 radical (unpaired) electrons. The third-order valence-electron chi connectivity index (χ3n) is 5.44. The summed E-state index contributed by atoms with van der Waals surface area (Å²) in [5.41, 5.74) is 3.43. The fourth-order valence-corrected chi connectivity index (χ4v) is 3.90. The van der Waals surface area contributed by atoms with E-state index in [1.165, 1.54) is 0 Å². The molecule has 1 atom stereocenters. The zero-order valence-electron chi connectivity index (χ0n) is 16.0. The van der Waals surface area contributed by atoms with E-state index >= 15 is 0 Å². The van der Waals surface area contributed by atoms with Crippen molar-refractivity contribution in [3.05, 3.63) is 58.9 Å². The highest BCUT2D eigenvalue weighted by Crippen LogP contribution is 2.29. The van der Waals surface area contributed by atoms with Crippen molar-refractivity contribution >= 4 is 24.2 Å². The number of carbonyl (C=O) groups is 2. The third kappa shape index (κ3) is 3.81. The predicted octanol–water partition coefficient (Wildman–Crippen LogP) is 2.52. The van der Waals surface area contributed by atoms with Gasteiger partial charge in [0.15, 0.2) is 5.78 Å². The molecule has 1 aliphatic carbocycles. The lowest BCUT2D eigenvalue weighted by Crippen LogP contribution is -2.46. The van der Waals surface area contributed by atoms with E-state index in [4.69, 9.17) is 4.98 Å². The number of carbonyl (C=O) groups excluding carboxylic acids is 2. The molecular formula is C22H24N4O2. The molecule has 0 spiro atoms. The summed E-state index contributed by atoms with van der Waals surface area (Å²) in [6, 6.07) is 10.1. The lowest BCUT2D eigenvalue weighted by atomic mass is 9.85. The Hall–Kier alpha value is -3.02. The number of hydrogen-bond acceptors (Lipinski definition) is 5. The Labute approximate surface area is 164 Å². The fraction of sp³-hybridized carbons (Fsp3) is 0.364. The van der Waals surface area contributed by atoms with Gasteiger partial charge in [0.2, 0.25) is 12.4 Å². The second-order valence-electron chi connectivity index (χ2n) is 7.42. The van der Waals surface area contributed by atoms with Crippen LogP contribution < -0.4 is 4.90 Å². The maximum absolute atomic E-state index is 12.7. The number of benzene rings is 1. The van der Waals surface area contributed by atoms with Gasteiger partial charge in [-0.2, -0.15) is 0 Å². The smallest absolute Gasteiger partial charge is 0.225 e. The molecule has 1 aromatic carbocycles. The van der Waals surface area contributed by atoms with E-state index < -0.39 is 0 Å². The molecule has 0 saturated carbocycles. The number of fused-ring (bicyclic) bond motifs is 1. The summed E-state index contributed by atoms with van der Waals surface area (Å²) in [6.45, 7) is 4.66. The number of piperazine rings is 1. The number of hydrogen-bond donors (Lipinski definition) is 0. The fourth-order valence-electron chi connectivity index (χ4n) is 3.90. The van der Waals surface area contributed by atoms with Crippen LogP contribution in [0.5, 0.6) is 0 Å². The Morgan fingerprint density at radius 2 is 1.79 bits per heavy atom. The summed E-state index contributed by atoms with van der Waals surface area (Å²) in [7, 11) is 0. The molecule has 6 heteroatoms. The molecule has 0 bridgehead atoms. The minimum atomic E-state index is 0.124. The first kappa shape index (κ1) is 18.3. The number of anilines is 1. The first-order valence-electron chi connectivity index (χ1n) is 9.72. The van der Waals surface area contributed by atoms with Crippen LogP contribution in [0.3, 0.4) is 0 Å². The number of nitrogens with zero attached hydrogens (tertiary/aromatic N) is 4. The van der Waals surface area contributed by atoms with Gasteiger partial charge < -0.3 is 9.80 Å². The van der Waals surface area contributed by atoms with Gasteiger partial charge in [0.05, 0.1) is 17.0 Å². The maximum Gasteiger partial charge on any atom is 0.225 e. The Kier molecular flexibility index (Phi) is 5.19. The Bertz CT molecular complexity index is 902. The Morgan fingerprint density at radius 3 is 2.50 bits per heavy atom. The maximum atomic E-state index is 12.7. The number of rotatable bonds is 4. The van der Waals surface area contributed by atoms with Crippen molar-refractivity contribution in [1.29, 1.82) is 0 Å². The topological polar surface area (TPSA) is 66.4 Å². The van der Waals surface area contributed by atoms with E-state index in [1.807, 2.05) is 25.1 Å². The van der Waals surface area contributed by atoms with Gasteiger partial charge in [-0.05, 0) is 24.8 Å². The normalized spacial score (nSPS) is 19.8. The molecule has 6 nitrogen and oxygen atoms in total. The molecule has 1 saturated heterocycles. The van der Waals surface area contributed by atoms with E-state index in [9.17, 15) is 9.59 Å². The van der Waals surface area contributed by atoms with E-state index in [1.54, 1.807) is 4.90 Å². The molecule has 144 valence electrons. The first-order chi connectivity index (χ1) is 13.6. The number of Topliss-reactive ketones (excluding diaryl/α,β-unsaturated/α-hetero) is 1. The van der Waals surface area contributed by atoms with E-state index in [-0.39, 0.29) is 11.7 Å². The monoisotopic (exact) mass is 376 g/mol. The lowest BCUT2D eigenvalue weighted by Gasteiger charge is -2.33. The van der Waals surface area contributed by atoms with Gasteiger partial charge in [0.1, 0.15) is 0 Å². The SMILES string of the molecule is Cc1nc(N2CCN(C=O)CC2)nc2c1C(=O)CC(C=Cc1ccccc1)C2. The van der Waals surface area contributed by atoms with E-state index in [2.05, 4.69) is 34.2 Å². The standard InChI is InChI=1S/C22H24N4O2/c1-16-21-19(24-22(23-16)26-11-9-25(15-27)10-12-26)13-18(14-20(21)28)8-7-17-5-3-2-4-6-17/h2-8,15,18H,9-14H2,1H3. The quantitative estimate of drug-likeness (QED) is 0.767. The number of ketones is 1. The molecule has 2 heterocycles. The van der Waals surface area contributed by atoms with Gasteiger partial charge in [-0.3, -0.25) is 9.59 Å². The van der Waals surface area contributed by atoms with Gasteiger partial charge in [0.25, 0.3) is 0 Å². The van der Waals surface area contributed by atoms with Crippen LogP contribution in [0.1, 0.15) is 33.7 Å². The average Bonchev–Trinajstić information content (AvgIpc) is 2.72. The summed E-state index contributed by atoms with van der Waals surface area (Å²) in [6.07, 6.45) is 6.33. The summed E-state index contributed by atoms with van der Waals surface area (Å²) in [5, 5.41) is 0. The summed E-state index contributed by atoms with van der Waals surface area (Å²) < 4.78 is 0. The zero-order valence-corrected chi connectivity index (χ0v) is 16.0. The second-order valence-corrected chi connectivity index (χ2v) is 7.42. The summed E-state index contributed by atoms with van der Waals surface area (Å²) in [5.74, 6) is 0.940. The molecule has 1 unspecified atom stereocenters. The number of amides is 1. The Morgan fingerprint density at radius 1 is 1.04 bits per heavy atom. The molecule has 4 rings (SSSR count). The van der Waals surface area contributed by atoms with Crippen LogP contribution in [0, 0.1) is 12.8 Å². The number of aromatic nitrogens is 2. The lowest BCUT2D eigenvalue weighted by molar-refractivity contribution is -0.118. The molecule has 2 aliphatic rings. The van der Waals surface area contributed by atoms with Crippen LogP contribution in [-0.2, 0) is 11.2 Å². The van der Waals surface area contributed by atoms with Crippen LogP contribution in [-0.4, -0.2) is 53.2 Å². The largest absolute Gasteiger partial charge is 0.342 e. The van der Waals surface area contributed by atoms with Crippen molar-refractivity contribution in [1.82, 2.24) is 14.9 Å². The van der Waals surface area contributed by atoms with Crippen LogP contribution >= 0.6 is 0 Å². The molecule has 2 aromatic rings. The van der Waals surface area contributed by atoms with Crippen LogP contribution in [0.2, 0.25) is 0 Å². The number of allylic oxidation sites excluding steroid dienone is 1. The second kappa shape index (κ2) is 7.92. The van der Waals surface area contributed by atoms with E-state index in [0.29, 0.717) is 44.1 Å². The highest BCUT2D eigenvalue weighted by atomic mass is 16.1. The first-order valence-corrected chi connectivity index (χ1v) is 9.72. The minimum absolute atomic E-state index is 0.124. The minimum Gasteiger partial charge on any atom is -0.342 e. The molecule has 1 fully saturated rings. The molecule has 1 amide bonds. The van der Waals surface area contributed by atoms with Gasteiger partial charge in [-0.1, -0.05) is 42.5 Å². The average molecular weight is 376 g/mol. The summed E-state index contributed by atoms with van der Waals surface area (Å²) in [4.78, 5) is 36.9. The van der Waals surface area contributed by atoms with Crippen LogP contribution in [0.4, 0.5) is 5.95 Å². The van der Waals surface area contributed by atoms with Gasteiger partial charge in [0, 0.05) is 32.6 Å². The van der Waals surface area contributed by atoms with Crippen molar-refractivity contribution in [3.63, 3.8) is 0 Å². The molecule has 28 heavy (non-hydrogen) atoms. The molecule has 0 N–H and O–H groups in total. The van der Waals surface area contributed by atoms with Crippen molar-refractivity contribution in [2.45, 2.75) is 19.8 Å².